The molecule has 0 spiro atoms. The van der Waals surface area contributed by atoms with Crippen molar-refractivity contribution in [3.63, 3.8) is 0 Å². The van der Waals surface area contributed by atoms with E-state index in [4.69, 9.17) is 23.2 Å². The Morgan fingerprint density at radius 3 is 2.25 bits per heavy atom. The van der Waals surface area contributed by atoms with Gasteiger partial charge >= 0.3 is 5.97 Å². The van der Waals surface area contributed by atoms with Crippen LogP contribution in [-0.4, -0.2) is 33.7 Å². The molecule has 2 unspecified atom stereocenters. The highest BCUT2D eigenvalue weighted by Crippen LogP contribution is 2.43. The van der Waals surface area contributed by atoms with Crippen LogP contribution in [0.25, 0.3) is 0 Å². The summed E-state index contributed by atoms with van der Waals surface area (Å²) < 4.78 is 0. The van der Waals surface area contributed by atoms with E-state index in [1.807, 2.05) is 12.1 Å². The topological polar surface area (TPSA) is 57.6 Å². The average Bonchev–Trinajstić information content (AvgIpc) is 3.08. The molecule has 28 heavy (non-hydrogen) atoms. The smallest absolute Gasteiger partial charge is 0.327 e. The van der Waals surface area contributed by atoms with E-state index in [1.54, 1.807) is 30.3 Å². The molecule has 1 fully saturated rings. The van der Waals surface area contributed by atoms with Crippen molar-refractivity contribution in [2.45, 2.75) is 37.6 Å². The van der Waals surface area contributed by atoms with E-state index >= 15 is 0 Å². The lowest BCUT2D eigenvalue weighted by molar-refractivity contribution is -0.141. The molecule has 3 rings (SSSR count). The fourth-order valence-corrected chi connectivity index (χ4v) is 4.85. The molecular weight excluding hydrogens is 417 g/mol. The summed E-state index contributed by atoms with van der Waals surface area (Å²) in [5.74, 6) is -1.02. The Kier molecular flexibility index (Phi) is 5.99. The van der Waals surface area contributed by atoms with Crippen molar-refractivity contribution in [2.24, 2.45) is 0 Å². The van der Waals surface area contributed by atoms with Crippen molar-refractivity contribution in [1.82, 2.24) is 4.90 Å². The number of carboxylic acid groups (broad SMARTS) is 1. The van der Waals surface area contributed by atoms with Crippen molar-refractivity contribution in [3.05, 3.63) is 69.2 Å². The van der Waals surface area contributed by atoms with E-state index in [0.29, 0.717) is 21.4 Å². The number of rotatable bonds is 3. The number of aliphatic carboxylic acids is 1. The van der Waals surface area contributed by atoms with Gasteiger partial charge in [0.2, 0.25) is 0 Å². The zero-order chi connectivity index (χ0) is 20.6. The third-order valence-corrected chi connectivity index (χ3v) is 6.81. The summed E-state index contributed by atoms with van der Waals surface area (Å²) in [6.45, 7) is 6.30. The van der Waals surface area contributed by atoms with E-state index in [2.05, 4.69) is 20.8 Å². The molecule has 1 heterocycles. The standard InChI is InChI=1S/C21H21Cl2NO3S/c1-21(2,3)14-7-4-12(5-8-14)18(25)24-17(20(26)27)11-28-19(24)13-6-9-15(22)16(23)10-13/h4-10,17,19H,11H2,1-3H3,(H,26,27). The molecule has 0 aromatic heterocycles. The Morgan fingerprint density at radius 2 is 1.71 bits per heavy atom. The Hall–Kier alpha value is -1.69. The SMILES string of the molecule is CC(C)(C)c1ccc(C(=O)N2C(C(=O)O)CSC2c2ccc(Cl)c(Cl)c2)cc1. The molecule has 0 saturated carbocycles. The fourth-order valence-electron chi connectivity index (χ4n) is 3.13. The van der Waals surface area contributed by atoms with Gasteiger partial charge in [0, 0.05) is 11.3 Å². The number of hydrogen-bond acceptors (Lipinski definition) is 3. The first-order valence-corrected chi connectivity index (χ1v) is 10.6. The number of halogens is 2. The molecular formula is C21H21Cl2NO3S. The summed E-state index contributed by atoms with van der Waals surface area (Å²) in [6, 6.07) is 11.6. The van der Waals surface area contributed by atoms with Crippen LogP contribution in [0.2, 0.25) is 10.0 Å². The van der Waals surface area contributed by atoms with Gasteiger partial charge in [-0.3, -0.25) is 4.79 Å². The van der Waals surface area contributed by atoms with Gasteiger partial charge < -0.3 is 10.0 Å². The highest BCUT2D eigenvalue weighted by molar-refractivity contribution is 7.99. The third-order valence-electron chi connectivity index (χ3n) is 4.75. The maximum Gasteiger partial charge on any atom is 0.327 e. The first-order valence-electron chi connectivity index (χ1n) is 8.82. The summed E-state index contributed by atoms with van der Waals surface area (Å²) >= 11 is 13.5. The number of carbonyl (C=O) groups excluding carboxylic acids is 1. The molecule has 0 bridgehead atoms. The lowest BCUT2D eigenvalue weighted by atomic mass is 9.86. The van der Waals surface area contributed by atoms with E-state index < -0.39 is 17.4 Å². The van der Waals surface area contributed by atoms with Crippen LogP contribution in [0.4, 0.5) is 0 Å². The molecule has 1 N–H and O–H groups in total. The molecule has 2 aromatic carbocycles. The molecule has 1 saturated heterocycles. The van der Waals surface area contributed by atoms with Crippen molar-refractivity contribution in [3.8, 4) is 0 Å². The van der Waals surface area contributed by atoms with Crippen molar-refractivity contribution < 1.29 is 14.7 Å². The van der Waals surface area contributed by atoms with E-state index in [-0.39, 0.29) is 11.3 Å². The third kappa shape index (κ3) is 4.17. The summed E-state index contributed by atoms with van der Waals surface area (Å²) in [7, 11) is 0. The van der Waals surface area contributed by atoms with Gasteiger partial charge in [0.15, 0.2) is 0 Å². The van der Waals surface area contributed by atoms with Crippen molar-refractivity contribution >= 4 is 46.8 Å². The summed E-state index contributed by atoms with van der Waals surface area (Å²) in [5, 5.41) is 9.99. The largest absolute Gasteiger partial charge is 0.480 e. The minimum Gasteiger partial charge on any atom is -0.480 e. The summed E-state index contributed by atoms with van der Waals surface area (Å²) in [4.78, 5) is 26.5. The maximum absolute atomic E-state index is 13.2. The van der Waals surface area contributed by atoms with Gasteiger partial charge in [-0.25, -0.2) is 4.79 Å². The van der Waals surface area contributed by atoms with Crippen LogP contribution in [0.3, 0.4) is 0 Å². The Balaban J connectivity index is 1.97. The molecule has 4 nitrogen and oxygen atoms in total. The Morgan fingerprint density at radius 1 is 1.07 bits per heavy atom. The van der Waals surface area contributed by atoms with E-state index in [9.17, 15) is 14.7 Å². The van der Waals surface area contributed by atoms with Crippen LogP contribution in [0, 0.1) is 0 Å². The first-order chi connectivity index (χ1) is 13.1. The number of benzene rings is 2. The lowest BCUT2D eigenvalue weighted by Gasteiger charge is -2.28. The zero-order valence-electron chi connectivity index (χ0n) is 15.8. The summed E-state index contributed by atoms with van der Waals surface area (Å²) in [5.41, 5.74) is 2.29. The normalized spacial score (nSPS) is 19.7. The lowest BCUT2D eigenvalue weighted by Crippen LogP contribution is -2.43. The predicted molar refractivity (Wildman–Crippen MR) is 114 cm³/mol. The molecule has 1 aliphatic heterocycles. The predicted octanol–water partition coefficient (Wildman–Crippen LogP) is 5.63. The molecule has 2 aromatic rings. The van der Waals surface area contributed by atoms with Gasteiger partial charge in [0.1, 0.15) is 11.4 Å². The second-order valence-corrected chi connectivity index (χ2v) is 9.68. The fraction of sp³-hybridized carbons (Fsp3) is 0.333. The average molecular weight is 438 g/mol. The van der Waals surface area contributed by atoms with Crippen LogP contribution < -0.4 is 0 Å². The molecule has 0 aliphatic carbocycles. The molecule has 1 aliphatic rings. The van der Waals surface area contributed by atoms with Crippen LogP contribution in [0.5, 0.6) is 0 Å². The number of hydrogen-bond donors (Lipinski definition) is 1. The second-order valence-electron chi connectivity index (χ2n) is 7.75. The molecule has 148 valence electrons. The minimum atomic E-state index is -1.02. The highest BCUT2D eigenvalue weighted by Gasteiger charge is 2.42. The Bertz CT molecular complexity index is 909. The maximum atomic E-state index is 13.2. The van der Waals surface area contributed by atoms with Gasteiger partial charge in [0.05, 0.1) is 10.0 Å². The zero-order valence-corrected chi connectivity index (χ0v) is 18.1. The van der Waals surface area contributed by atoms with E-state index in [0.717, 1.165) is 11.1 Å². The van der Waals surface area contributed by atoms with Gasteiger partial charge in [-0.05, 0) is 40.8 Å². The van der Waals surface area contributed by atoms with Crippen molar-refractivity contribution in [2.75, 3.05) is 5.75 Å². The van der Waals surface area contributed by atoms with Crippen LogP contribution >= 0.6 is 35.0 Å². The van der Waals surface area contributed by atoms with Gasteiger partial charge in [-0.15, -0.1) is 11.8 Å². The quantitative estimate of drug-likeness (QED) is 0.675. The molecule has 1 amide bonds. The summed E-state index contributed by atoms with van der Waals surface area (Å²) in [6.07, 6.45) is 0. The molecule has 7 heteroatoms. The van der Waals surface area contributed by atoms with Gasteiger partial charge in [-0.2, -0.15) is 0 Å². The van der Waals surface area contributed by atoms with Gasteiger partial charge in [-0.1, -0.05) is 62.2 Å². The van der Waals surface area contributed by atoms with Crippen LogP contribution in [0.1, 0.15) is 47.6 Å². The monoisotopic (exact) mass is 437 g/mol. The number of amides is 1. The van der Waals surface area contributed by atoms with Crippen LogP contribution in [-0.2, 0) is 10.2 Å². The minimum absolute atomic E-state index is 0.0305. The Labute approximate surface area is 178 Å². The highest BCUT2D eigenvalue weighted by atomic mass is 35.5. The molecule has 0 radical (unpaired) electrons. The second kappa shape index (κ2) is 7.97. The molecule has 2 atom stereocenters. The number of thioether (sulfide) groups is 1. The first kappa shape index (κ1) is 21.0. The number of nitrogens with zero attached hydrogens (tertiary/aromatic N) is 1. The number of carboxylic acids is 1. The van der Waals surface area contributed by atoms with E-state index in [1.165, 1.54) is 16.7 Å². The number of carbonyl (C=O) groups is 2. The van der Waals surface area contributed by atoms with Crippen molar-refractivity contribution in [1.29, 1.82) is 0 Å². The van der Waals surface area contributed by atoms with Gasteiger partial charge in [0.25, 0.3) is 5.91 Å². The van der Waals surface area contributed by atoms with Crippen LogP contribution in [0.15, 0.2) is 42.5 Å².